The van der Waals surface area contributed by atoms with Crippen molar-refractivity contribution in [2.45, 2.75) is 38.4 Å². The number of likely N-dealkylation sites (tertiary alicyclic amines) is 1. The van der Waals surface area contributed by atoms with E-state index in [0.29, 0.717) is 13.1 Å². The second-order valence-corrected chi connectivity index (χ2v) is 7.90. The number of urea groups is 1. The van der Waals surface area contributed by atoms with Crippen molar-refractivity contribution in [2.24, 2.45) is 7.05 Å². The SMILES string of the molecule is CN1CCC(NC(=O)N(Cc2ccc3c(c2)CCO3)Cc2ccn(C)n2)CC1. The van der Waals surface area contributed by atoms with Crippen LogP contribution in [0.3, 0.4) is 0 Å². The highest BCUT2D eigenvalue weighted by molar-refractivity contribution is 5.74. The number of aromatic nitrogens is 2. The average molecular weight is 383 g/mol. The van der Waals surface area contributed by atoms with Gasteiger partial charge in [0.1, 0.15) is 5.75 Å². The van der Waals surface area contributed by atoms with Crippen LogP contribution in [0.25, 0.3) is 0 Å². The Bertz CT molecular complexity index is 826. The quantitative estimate of drug-likeness (QED) is 0.860. The van der Waals surface area contributed by atoms with Crippen LogP contribution in [-0.2, 0) is 26.6 Å². The molecular weight excluding hydrogens is 354 g/mol. The van der Waals surface area contributed by atoms with E-state index in [-0.39, 0.29) is 12.1 Å². The number of carbonyl (C=O) groups is 1. The van der Waals surface area contributed by atoms with Crippen molar-refractivity contribution < 1.29 is 9.53 Å². The molecule has 1 saturated heterocycles. The van der Waals surface area contributed by atoms with Gasteiger partial charge in [-0.2, -0.15) is 5.10 Å². The van der Waals surface area contributed by atoms with Gasteiger partial charge in [0.2, 0.25) is 0 Å². The van der Waals surface area contributed by atoms with E-state index in [0.717, 1.165) is 56.0 Å². The molecule has 28 heavy (non-hydrogen) atoms. The van der Waals surface area contributed by atoms with Crippen molar-refractivity contribution in [3.05, 3.63) is 47.3 Å². The number of fused-ring (bicyclic) bond motifs is 1. The van der Waals surface area contributed by atoms with E-state index < -0.39 is 0 Å². The fraction of sp³-hybridized carbons (Fsp3) is 0.524. The monoisotopic (exact) mass is 383 g/mol. The van der Waals surface area contributed by atoms with E-state index in [2.05, 4.69) is 34.5 Å². The summed E-state index contributed by atoms with van der Waals surface area (Å²) < 4.78 is 7.38. The zero-order valence-electron chi connectivity index (χ0n) is 16.7. The number of nitrogens with zero attached hydrogens (tertiary/aromatic N) is 4. The fourth-order valence-electron chi connectivity index (χ4n) is 3.92. The number of aryl methyl sites for hydroxylation is 1. The van der Waals surface area contributed by atoms with Crippen LogP contribution in [0.2, 0.25) is 0 Å². The zero-order valence-corrected chi connectivity index (χ0v) is 16.7. The molecule has 7 heteroatoms. The molecule has 0 unspecified atom stereocenters. The smallest absolute Gasteiger partial charge is 0.318 e. The normalized spacial score (nSPS) is 17.2. The van der Waals surface area contributed by atoms with E-state index in [1.165, 1.54) is 5.56 Å². The Kier molecular flexibility index (Phi) is 5.52. The maximum atomic E-state index is 13.1. The molecule has 7 nitrogen and oxygen atoms in total. The Morgan fingerprint density at radius 1 is 1.25 bits per heavy atom. The van der Waals surface area contributed by atoms with Crippen LogP contribution >= 0.6 is 0 Å². The van der Waals surface area contributed by atoms with Gasteiger partial charge in [0.05, 0.1) is 18.8 Å². The maximum Gasteiger partial charge on any atom is 0.318 e. The molecule has 0 bridgehead atoms. The van der Waals surface area contributed by atoms with Crippen LogP contribution in [0.1, 0.15) is 29.7 Å². The lowest BCUT2D eigenvalue weighted by atomic mass is 10.1. The summed E-state index contributed by atoms with van der Waals surface area (Å²) in [5.41, 5.74) is 3.25. The first-order valence-electron chi connectivity index (χ1n) is 10.0. The highest BCUT2D eigenvalue weighted by Crippen LogP contribution is 2.26. The molecule has 150 valence electrons. The Hall–Kier alpha value is -2.54. The zero-order chi connectivity index (χ0) is 19.5. The van der Waals surface area contributed by atoms with Crippen molar-refractivity contribution in [1.29, 1.82) is 0 Å². The standard InChI is InChI=1S/C21H29N5O2/c1-24-9-5-18(6-10-24)22-21(27)26(15-19-7-11-25(2)23-19)14-16-3-4-20-17(13-16)8-12-28-20/h3-4,7,11,13,18H,5-6,8-10,12,14-15H2,1-2H3,(H,22,27). The van der Waals surface area contributed by atoms with Gasteiger partial charge < -0.3 is 19.9 Å². The van der Waals surface area contributed by atoms with E-state index >= 15 is 0 Å². The van der Waals surface area contributed by atoms with Gasteiger partial charge in [-0.25, -0.2) is 4.79 Å². The van der Waals surface area contributed by atoms with Crippen molar-refractivity contribution in [1.82, 2.24) is 24.9 Å². The molecule has 2 aromatic rings. The van der Waals surface area contributed by atoms with Gasteiger partial charge in [0, 0.05) is 32.3 Å². The summed E-state index contributed by atoms with van der Waals surface area (Å²) in [6, 6.07) is 8.42. The second kappa shape index (κ2) is 8.22. The lowest BCUT2D eigenvalue weighted by Gasteiger charge is -2.31. The molecular formula is C21H29N5O2. The lowest BCUT2D eigenvalue weighted by molar-refractivity contribution is 0.175. The van der Waals surface area contributed by atoms with Crippen molar-refractivity contribution >= 4 is 6.03 Å². The first-order valence-corrected chi connectivity index (χ1v) is 10.0. The van der Waals surface area contributed by atoms with E-state index in [9.17, 15) is 4.79 Å². The molecule has 0 saturated carbocycles. The molecule has 2 aliphatic heterocycles. The summed E-state index contributed by atoms with van der Waals surface area (Å²) in [4.78, 5) is 17.2. The highest BCUT2D eigenvalue weighted by Gasteiger charge is 2.23. The van der Waals surface area contributed by atoms with Crippen LogP contribution < -0.4 is 10.1 Å². The minimum Gasteiger partial charge on any atom is -0.493 e. The van der Waals surface area contributed by atoms with Gasteiger partial charge in [-0.15, -0.1) is 0 Å². The number of ether oxygens (including phenoxy) is 1. The molecule has 0 aliphatic carbocycles. The van der Waals surface area contributed by atoms with Crippen LogP contribution in [0.15, 0.2) is 30.5 Å². The van der Waals surface area contributed by atoms with Gasteiger partial charge in [-0.3, -0.25) is 4.68 Å². The molecule has 2 aliphatic rings. The number of benzene rings is 1. The van der Waals surface area contributed by atoms with E-state index in [4.69, 9.17) is 4.74 Å². The second-order valence-electron chi connectivity index (χ2n) is 7.90. The number of hydrogen-bond donors (Lipinski definition) is 1. The number of piperidine rings is 1. The third kappa shape index (κ3) is 4.47. The largest absolute Gasteiger partial charge is 0.493 e. The Labute approximate surface area is 166 Å². The summed E-state index contributed by atoms with van der Waals surface area (Å²) in [5.74, 6) is 0.968. The van der Waals surface area contributed by atoms with Gasteiger partial charge in [0.25, 0.3) is 0 Å². The summed E-state index contributed by atoms with van der Waals surface area (Å²) in [6.45, 7) is 3.84. The third-order valence-corrected chi connectivity index (χ3v) is 5.58. The third-order valence-electron chi connectivity index (χ3n) is 5.58. The number of amides is 2. The van der Waals surface area contributed by atoms with Crippen LogP contribution in [0.5, 0.6) is 5.75 Å². The molecule has 4 rings (SSSR count). The Balaban J connectivity index is 1.47. The molecule has 1 aromatic carbocycles. The predicted molar refractivity (Wildman–Crippen MR) is 107 cm³/mol. The van der Waals surface area contributed by atoms with Gasteiger partial charge in [-0.05, 0) is 56.2 Å². The van der Waals surface area contributed by atoms with Crippen molar-refractivity contribution in [2.75, 3.05) is 26.7 Å². The summed E-state index contributed by atoms with van der Waals surface area (Å²) in [6.07, 6.45) is 4.84. The molecule has 0 atom stereocenters. The number of hydrogen-bond acceptors (Lipinski definition) is 4. The Morgan fingerprint density at radius 2 is 2.07 bits per heavy atom. The highest BCUT2D eigenvalue weighted by atomic mass is 16.5. The van der Waals surface area contributed by atoms with E-state index in [1.807, 2.05) is 30.3 Å². The van der Waals surface area contributed by atoms with Gasteiger partial charge in [-0.1, -0.05) is 12.1 Å². The van der Waals surface area contributed by atoms with Gasteiger partial charge in [0.15, 0.2) is 0 Å². The van der Waals surface area contributed by atoms with Crippen molar-refractivity contribution in [3.8, 4) is 5.75 Å². The maximum absolute atomic E-state index is 13.1. The summed E-state index contributed by atoms with van der Waals surface area (Å²) in [7, 11) is 4.02. The molecule has 3 heterocycles. The average Bonchev–Trinajstić information content (AvgIpc) is 3.31. The minimum atomic E-state index is -0.0167. The summed E-state index contributed by atoms with van der Waals surface area (Å²) >= 11 is 0. The van der Waals surface area contributed by atoms with Gasteiger partial charge >= 0.3 is 6.03 Å². The first-order chi connectivity index (χ1) is 13.6. The predicted octanol–water partition coefficient (Wildman–Crippen LogP) is 2.16. The molecule has 2 amide bonds. The summed E-state index contributed by atoms with van der Waals surface area (Å²) in [5, 5.41) is 7.70. The topological polar surface area (TPSA) is 62.6 Å². The molecule has 0 radical (unpaired) electrons. The fourth-order valence-corrected chi connectivity index (χ4v) is 3.92. The molecule has 1 N–H and O–H groups in total. The molecule has 0 spiro atoms. The molecule has 1 aromatic heterocycles. The first kappa shape index (κ1) is 18.8. The van der Waals surface area contributed by atoms with Crippen LogP contribution in [0.4, 0.5) is 4.79 Å². The minimum absolute atomic E-state index is 0.0167. The Morgan fingerprint density at radius 3 is 2.82 bits per heavy atom. The molecule has 1 fully saturated rings. The number of nitrogens with one attached hydrogen (secondary N) is 1. The van der Waals surface area contributed by atoms with Crippen molar-refractivity contribution in [3.63, 3.8) is 0 Å². The van der Waals surface area contributed by atoms with E-state index in [1.54, 1.807) is 4.68 Å². The van der Waals surface area contributed by atoms with Crippen LogP contribution in [0, 0.1) is 0 Å². The van der Waals surface area contributed by atoms with Crippen LogP contribution in [-0.4, -0.2) is 58.4 Å². The number of carbonyl (C=O) groups excluding carboxylic acids is 1. The lowest BCUT2D eigenvalue weighted by Crippen LogP contribution is -2.48. The number of rotatable bonds is 5.